The highest BCUT2D eigenvalue weighted by molar-refractivity contribution is 5.90. The summed E-state index contributed by atoms with van der Waals surface area (Å²) in [6, 6.07) is 10.0. The Labute approximate surface area is 222 Å². The van der Waals surface area contributed by atoms with Crippen LogP contribution in [-0.4, -0.2) is 26.9 Å². The van der Waals surface area contributed by atoms with Crippen molar-refractivity contribution in [1.29, 1.82) is 0 Å². The van der Waals surface area contributed by atoms with E-state index in [2.05, 4.69) is 10.4 Å². The van der Waals surface area contributed by atoms with Gasteiger partial charge >= 0.3 is 12.1 Å². The van der Waals surface area contributed by atoms with E-state index in [4.69, 9.17) is 17.1 Å². The summed E-state index contributed by atoms with van der Waals surface area (Å²) in [7, 11) is 1.51. The number of aromatic nitrogens is 2. The number of amides is 1. The molecule has 3 aromatic carbocycles. The maximum absolute atomic E-state index is 13.1. The summed E-state index contributed by atoms with van der Waals surface area (Å²) in [4.78, 5) is 24.7. The SMILES string of the molecule is [2H]c1c([2H])c([2H])c(C([2H])(OC(=O)Nc2c(-c3ccc(-c4ccc(C5(C(=O)O)CC5)cc4)cc3)cnn2C)C([2H])([2H])[2H])c([2H])c1[2H]. The van der Waals surface area contributed by atoms with Crippen molar-refractivity contribution in [2.75, 3.05) is 5.32 Å². The molecule has 1 saturated carbocycles. The number of ether oxygens (including phenoxy) is 1. The minimum atomic E-state index is -3.45. The van der Waals surface area contributed by atoms with Gasteiger partial charge < -0.3 is 9.84 Å². The summed E-state index contributed by atoms with van der Waals surface area (Å²) in [5.41, 5.74) is 1.69. The van der Waals surface area contributed by atoms with Gasteiger partial charge in [0, 0.05) is 16.7 Å². The van der Waals surface area contributed by atoms with Crippen molar-refractivity contribution < 1.29 is 31.8 Å². The lowest BCUT2D eigenvalue weighted by atomic mass is 9.93. The zero-order valence-electron chi connectivity index (χ0n) is 28.2. The van der Waals surface area contributed by atoms with E-state index in [0.717, 1.165) is 16.7 Å². The van der Waals surface area contributed by atoms with Crippen LogP contribution in [0, 0.1) is 0 Å². The van der Waals surface area contributed by atoms with Gasteiger partial charge in [-0.3, -0.25) is 14.8 Å². The molecule has 182 valence electrons. The molecule has 1 fully saturated rings. The van der Waals surface area contributed by atoms with E-state index < -0.39 is 66.2 Å². The van der Waals surface area contributed by atoms with E-state index >= 15 is 0 Å². The number of carbonyl (C=O) groups excluding carboxylic acids is 1. The highest BCUT2D eigenvalue weighted by Gasteiger charge is 2.51. The molecule has 1 unspecified atom stereocenters. The topological polar surface area (TPSA) is 93.4 Å². The standard InChI is InChI=1S/C29H27N3O4/c1-19(20-6-4-3-5-7-20)36-28(35)31-26-25(18-30-32(26)2)23-10-8-21(9-11-23)22-12-14-24(15-13-22)29(16-17-29)27(33)34/h3-15,18-19H,16-17H2,1-2H3,(H,31,35)(H,33,34)/i1D3,3D,4D,5D,6D,7D,19D. The number of carboxylic acid groups (broad SMARTS) is 1. The molecule has 7 nitrogen and oxygen atoms in total. The zero-order valence-corrected chi connectivity index (χ0v) is 19.2. The van der Waals surface area contributed by atoms with Crippen LogP contribution in [0.2, 0.25) is 0 Å². The smallest absolute Gasteiger partial charge is 0.413 e. The van der Waals surface area contributed by atoms with E-state index in [1.165, 1.54) is 17.9 Å². The molecule has 5 rings (SSSR count). The van der Waals surface area contributed by atoms with Crippen molar-refractivity contribution >= 4 is 17.9 Å². The predicted molar refractivity (Wildman–Crippen MR) is 138 cm³/mol. The van der Waals surface area contributed by atoms with Gasteiger partial charge in [-0.05, 0) is 47.5 Å². The molecule has 1 heterocycles. The van der Waals surface area contributed by atoms with Gasteiger partial charge in [-0.15, -0.1) is 0 Å². The summed E-state index contributed by atoms with van der Waals surface area (Å²) in [5, 5.41) is 16.1. The quantitative estimate of drug-likeness (QED) is 0.323. The fourth-order valence-corrected chi connectivity index (χ4v) is 4.00. The van der Waals surface area contributed by atoms with Crippen LogP contribution in [0.1, 0.15) is 49.2 Å². The number of nitrogens with zero attached hydrogens (tertiary/aromatic N) is 2. The number of carbonyl (C=O) groups is 2. The third-order valence-electron chi connectivity index (χ3n) is 6.21. The Morgan fingerprint density at radius 1 is 1.08 bits per heavy atom. The van der Waals surface area contributed by atoms with E-state index in [1.54, 1.807) is 12.1 Å². The van der Waals surface area contributed by atoms with E-state index in [0.29, 0.717) is 24.0 Å². The highest BCUT2D eigenvalue weighted by atomic mass is 16.6. The maximum Gasteiger partial charge on any atom is 0.413 e. The number of benzene rings is 3. The number of hydrogen-bond acceptors (Lipinski definition) is 4. The Morgan fingerprint density at radius 3 is 2.28 bits per heavy atom. The van der Waals surface area contributed by atoms with Gasteiger partial charge in [-0.1, -0.05) is 78.7 Å². The molecule has 0 radical (unpaired) electrons. The fraction of sp³-hybridized carbons (Fsp3) is 0.207. The van der Waals surface area contributed by atoms with Crippen LogP contribution in [0.4, 0.5) is 10.6 Å². The zero-order chi connectivity index (χ0) is 33.1. The van der Waals surface area contributed by atoms with Gasteiger partial charge in [-0.25, -0.2) is 4.79 Å². The van der Waals surface area contributed by atoms with E-state index in [1.807, 2.05) is 36.4 Å². The lowest BCUT2D eigenvalue weighted by Gasteiger charge is -2.15. The van der Waals surface area contributed by atoms with Crippen LogP contribution >= 0.6 is 0 Å². The number of nitrogens with one attached hydrogen (secondary N) is 1. The first-order chi connectivity index (χ1) is 21.0. The number of carboxylic acids is 1. The molecule has 36 heavy (non-hydrogen) atoms. The second-order valence-corrected chi connectivity index (χ2v) is 8.42. The van der Waals surface area contributed by atoms with Crippen molar-refractivity contribution in [2.45, 2.75) is 31.2 Å². The normalized spacial score (nSPS) is 19.4. The van der Waals surface area contributed by atoms with Gasteiger partial charge in [0.1, 0.15) is 11.9 Å². The third kappa shape index (κ3) is 4.47. The van der Waals surface area contributed by atoms with Crippen LogP contribution in [0.25, 0.3) is 22.3 Å². The monoisotopic (exact) mass is 490 g/mol. The van der Waals surface area contributed by atoms with Crippen molar-refractivity contribution in [2.24, 2.45) is 7.05 Å². The molecule has 0 aliphatic heterocycles. The van der Waals surface area contributed by atoms with Gasteiger partial charge in [0.15, 0.2) is 0 Å². The number of anilines is 1. The molecule has 4 aromatic rings. The van der Waals surface area contributed by atoms with Crippen molar-refractivity contribution in [3.05, 3.63) is 96.1 Å². The van der Waals surface area contributed by atoms with Crippen LogP contribution in [-0.2, 0) is 22.0 Å². The fourth-order valence-electron chi connectivity index (χ4n) is 4.00. The van der Waals surface area contributed by atoms with Crippen LogP contribution in [0.15, 0.2) is 84.9 Å². The maximum atomic E-state index is 13.1. The summed E-state index contributed by atoms with van der Waals surface area (Å²) < 4.78 is 78.4. The first kappa shape index (κ1) is 14.9. The molecular weight excluding hydrogens is 454 g/mol. The number of rotatable bonds is 7. The Hall–Kier alpha value is -4.39. The molecule has 0 bridgehead atoms. The average molecular weight is 491 g/mol. The molecule has 2 N–H and O–H groups in total. The molecule has 0 spiro atoms. The minimum Gasteiger partial charge on any atom is -0.481 e. The van der Waals surface area contributed by atoms with Crippen LogP contribution < -0.4 is 5.32 Å². The van der Waals surface area contributed by atoms with Gasteiger partial charge in [0.25, 0.3) is 0 Å². The number of aliphatic carboxylic acids is 1. The second-order valence-electron chi connectivity index (χ2n) is 8.42. The van der Waals surface area contributed by atoms with E-state index in [9.17, 15) is 14.7 Å². The minimum absolute atomic E-state index is 0.0782. The molecule has 7 heteroatoms. The Balaban J connectivity index is 1.40. The van der Waals surface area contributed by atoms with E-state index in [-0.39, 0.29) is 5.82 Å². The Morgan fingerprint density at radius 2 is 1.69 bits per heavy atom. The summed E-state index contributed by atoms with van der Waals surface area (Å²) in [6.07, 6.45) is -2.11. The summed E-state index contributed by atoms with van der Waals surface area (Å²) >= 11 is 0. The lowest BCUT2D eigenvalue weighted by molar-refractivity contribution is -0.140. The Kier molecular flexibility index (Phi) is 3.86. The average Bonchev–Trinajstić information content (AvgIpc) is 3.74. The van der Waals surface area contributed by atoms with Crippen molar-refractivity contribution in [3.8, 4) is 22.3 Å². The number of aryl methyl sites for hydroxylation is 1. The summed E-state index contributed by atoms with van der Waals surface area (Å²) in [5.74, 6) is -0.750. The molecule has 1 atom stereocenters. The molecule has 1 aromatic heterocycles. The molecule has 0 saturated heterocycles. The lowest BCUT2D eigenvalue weighted by Crippen LogP contribution is -2.19. The van der Waals surface area contributed by atoms with Crippen molar-refractivity contribution in [3.63, 3.8) is 0 Å². The third-order valence-corrected chi connectivity index (χ3v) is 6.21. The Bertz CT molecular complexity index is 1790. The van der Waals surface area contributed by atoms with Crippen LogP contribution in [0.5, 0.6) is 0 Å². The first-order valence-electron chi connectivity index (χ1n) is 15.6. The number of hydrogen-bond donors (Lipinski definition) is 2. The highest BCUT2D eigenvalue weighted by Crippen LogP contribution is 2.48. The molecular formula is C29H27N3O4. The largest absolute Gasteiger partial charge is 0.481 e. The van der Waals surface area contributed by atoms with Crippen molar-refractivity contribution in [1.82, 2.24) is 9.78 Å². The molecule has 1 amide bonds. The predicted octanol–water partition coefficient (Wildman–Crippen LogP) is 6.18. The molecule has 1 aliphatic carbocycles. The first-order valence-corrected chi connectivity index (χ1v) is 11.1. The second kappa shape index (κ2) is 9.34. The van der Waals surface area contributed by atoms with Gasteiger partial charge in [0.05, 0.1) is 19.8 Å². The molecule has 1 aliphatic rings. The van der Waals surface area contributed by atoms with Gasteiger partial charge in [0.2, 0.25) is 0 Å². The van der Waals surface area contributed by atoms with Crippen LogP contribution in [0.3, 0.4) is 0 Å². The van der Waals surface area contributed by atoms with Gasteiger partial charge in [-0.2, -0.15) is 5.10 Å². The summed E-state index contributed by atoms with van der Waals surface area (Å²) in [6.45, 7) is -3.45.